The van der Waals surface area contributed by atoms with E-state index in [1.165, 1.54) is 4.31 Å². The van der Waals surface area contributed by atoms with E-state index >= 15 is 0 Å². The van der Waals surface area contributed by atoms with Crippen LogP contribution < -0.4 is 4.74 Å². The Kier molecular flexibility index (Phi) is 9.79. The molecule has 0 bridgehead atoms. The number of sulfonamides is 1. The van der Waals surface area contributed by atoms with Crippen LogP contribution in [0.4, 0.5) is 13.2 Å². The van der Waals surface area contributed by atoms with Gasteiger partial charge in [-0.3, -0.25) is 0 Å². The number of hydrogen-bond acceptors (Lipinski definition) is 5. The topological polar surface area (TPSA) is 59.1 Å². The summed E-state index contributed by atoms with van der Waals surface area (Å²) in [6, 6.07) is 19.2. The summed E-state index contributed by atoms with van der Waals surface area (Å²) in [4.78, 5) is 2.09. The lowest BCUT2D eigenvalue weighted by Crippen LogP contribution is -2.48. The van der Waals surface area contributed by atoms with Crippen LogP contribution in [-0.4, -0.2) is 63.3 Å². The second-order valence-corrected chi connectivity index (χ2v) is 11.8. The van der Waals surface area contributed by atoms with Gasteiger partial charge in [0.2, 0.25) is 10.0 Å². The molecule has 0 saturated carbocycles. The van der Waals surface area contributed by atoms with Gasteiger partial charge in [-0.2, -0.15) is 4.31 Å². The van der Waals surface area contributed by atoms with Gasteiger partial charge in [-0.1, -0.05) is 47.5 Å². The van der Waals surface area contributed by atoms with Crippen LogP contribution in [0.15, 0.2) is 77.7 Å². The summed E-state index contributed by atoms with van der Waals surface area (Å²) in [6.45, 7) is 2.84. The first kappa shape index (κ1) is 29.6. The van der Waals surface area contributed by atoms with Crippen LogP contribution >= 0.6 is 23.2 Å². The fourth-order valence-electron chi connectivity index (χ4n) is 4.31. The van der Waals surface area contributed by atoms with Gasteiger partial charge < -0.3 is 14.4 Å². The Hall–Kier alpha value is -2.34. The number of rotatable bonds is 10. The van der Waals surface area contributed by atoms with E-state index in [1.807, 2.05) is 48.5 Å². The predicted molar refractivity (Wildman–Crippen MR) is 144 cm³/mol. The number of halogens is 5. The van der Waals surface area contributed by atoms with Crippen LogP contribution in [0.25, 0.3) is 0 Å². The van der Waals surface area contributed by atoms with Crippen molar-refractivity contribution in [1.82, 2.24) is 9.21 Å². The minimum atomic E-state index is -4.84. The third-order valence-corrected chi connectivity index (χ3v) is 8.69. The fraction of sp³-hybridized carbons (Fsp3) is 0.333. The van der Waals surface area contributed by atoms with Crippen molar-refractivity contribution in [3.05, 3.63) is 94.0 Å². The van der Waals surface area contributed by atoms with Crippen molar-refractivity contribution in [1.29, 1.82) is 0 Å². The second-order valence-electron chi connectivity index (χ2n) is 8.97. The van der Waals surface area contributed by atoms with Crippen LogP contribution in [-0.2, 0) is 14.8 Å². The first-order valence-electron chi connectivity index (χ1n) is 12.2. The van der Waals surface area contributed by atoms with Gasteiger partial charge in [-0.15, -0.1) is 13.2 Å². The molecular weight excluding hydrogens is 576 g/mol. The number of piperazine rings is 1. The SMILES string of the molecule is O=S(=O)(c1ccc(OC(F)(F)F)cc1)N1CCN(CCCOC(c2ccc(Cl)cc2)c2ccc(Cl)cc2)CC1. The largest absolute Gasteiger partial charge is 0.573 e. The van der Waals surface area contributed by atoms with E-state index in [0.29, 0.717) is 29.7 Å². The maximum atomic E-state index is 12.9. The summed E-state index contributed by atoms with van der Waals surface area (Å²) in [5.74, 6) is -0.470. The molecule has 0 atom stereocenters. The maximum absolute atomic E-state index is 12.9. The Balaban J connectivity index is 1.27. The molecule has 1 heterocycles. The molecule has 12 heteroatoms. The lowest BCUT2D eigenvalue weighted by atomic mass is 10.0. The Morgan fingerprint density at radius 2 is 1.31 bits per heavy atom. The minimum Gasteiger partial charge on any atom is -0.406 e. The number of ether oxygens (including phenoxy) is 2. The molecule has 0 aliphatic carbocycles. The van der Waals surface area contributed by atoms with Crippen molar-refractivity contribution in [2.75, 3.05) is 39.3 Å². The van der Waals surface area contributed by atoms with E-state index in [-0.39, 0.29) is 24.1 Å². The van der Waals surface area contributed by atoms with Crippen molar-refractivity contribution in [2.24, 2.45) is 0 Å². The van der Waals surface area contributed by atoms with Gasteiger partial charge in [0.25, 0.3) is 0 Å². The zero-order chi connectivity index (χ0) is 28.0. The molecule has 0 unspecified atom stereocenters. The van der Waals surface area contributed by atoms with Crippen LogP contribution in [0.5, 0.6) is 5.75 Å². The van der Waals surface area contributed by atoms with Crippen molar-refractivity contribution in [2.45, 2.75) is 23.8 Å². The van der Waals surface area contributed by atoms with Gasteiger partial charge in [0.15, 0.2) is 0 Å². The monoisotopic (exact) mass is 602 g/mol. The van der Waals surface area contributed by atoms with Crippen molar-refractivity contribution in [3.8, 4) is 5.75 Å². The Morgan fingerprint density at radius 1 is 0.795 bits per heavy atom. The first-order valence-corrected chi connectivity index (χ1v) is 14.4. The van der Waals surface area contributed by atoms with Crippen molar-refractivity contribution in [3.63, 3.8) is 0 Å². The van der Waals surface area contributed by atoms with E-state index in [2.05, 4.69) is 9.64 Å². The third kappa shape index (κ3) is 8.33. The van der Waals surface area contributed by atoms with E-state index < -0.39 is 22.1 Å². The molecule has 39 heavy (non-hydrogen) atoms. The average molecular weight is 603 g/mol. The molecule has 0 spiro atoms. The normalized spacial score (nSPS) is 15.5. The number of alkyl halides is 3. The minimum absolute atomic E-state index is 0.0747. The highest BCUT2D eigenvalue weighted by atomic mass is 35.5. The molecule has 6 nitrogen and oxygen atoms in total. The molecule has 0 amide bonds. The smallest absolute Gasteiger partial charge is 0.406 e. The van der Waals surface area contributed by atoms with Gasteiger partial charge in [0.05, 0.1) is 4.90 Å². The summed E-state index contributed by atoms with van der Waals surface area (Å²) >= 11 is 12.1. The molecule has 210 valence electrons. The third-order valence-electron chi connectivity index (χ3n) is 6.28. The summed E-state index contributed by atoms with van der Waals surface area (Å²) in [6.07, 6.45) is -4.38. The number of hydrogen-bond donors (Lipinski definition) is 0. The highest BCUT2D eigenvalue weighted by Gasteiger charge is 2.32. The summed E-state index contributed by atoms with van der Waals surface area (Å²) < 4.78 is 74.4. The van der Waals surface area contributed by atoms with Gasteiger partial charge >= 0.3 is 6.36 Å². The van der Waals surface area contributed by atoms with Gasteiger partial charge in [-0.25, -0.2) is 8.42 Å². The quantitative estimate of drug-likeness (QED) is 0.251. The number of nitrogens with zero attached hydrogens (tertiary/aromatic N) is 2. The first-order chi connectivity index (χ1) is 18.5. The lowest BCUT2D eigenvalue weighted by molar-refractivity contribution is -0.274. The molecule has 1 aliphatic heterocycles. The van der Waals surface area contributed by atoms with E-state index in [4.69, 9.17) is 27.9 Å². The predicted octanol–water partition coefficient (Wildman–Crippen LogP) is 6.39. The van der Waals surface area contributed by atoms with Gasteiger partial charge in [0.1, 0.15) is 11.9 Å². The molecule has 0 N–H and O–H groups in total. The summed E-state index contributed by atoms with van der Waals surface area (Å²) in [7, 11) is -3.82. The zero-order valence-corrected chi connectivity index (χ0v) is 23.1. The van der Waals surface area contributed by atoms with Crippen LogP contribution in [0, 0.1) is 0 Å². The van der Waals surface area contributed by atoms with Crippen molar-refractivity contribution >= 4 is 33.2 Å². The summed E-state index contributed by atoms with van der Waals surface area (Å²) in [5, 5.41) is 1.28. The van der Waals surface area contributed by atoms with Crippen LogP contribution in [0.3, 0.4) is 0 Å². The molecular formula is C27H27Cl2F3N2O4S. The fourth-order valence-corrected chi connectivity index (χ4v) is 5.98. The van der Waals surface area contributed by atoms with Gasteiger partial charge in [0, 0.05) is 49.4 Å². The molecule has 0 radical (unpaired) electrons. The molecule has 3 aromatic rings. The second kappa shape index (κ2) is 12.9. The zero-order valence-electron chi connectivity index (χ0n) is 20.8. The van der Waals surface area contributed by atoms with E-state index in [1.54, 1.807) is 0 Å². The molecule has 1 aliphatic rings. The highest BCUT2D eigenvalue weighted by Crippen LogP contribution is 2.29. The molecule has 0 aromatic heterocycles. The number of benzene rings is 3. The molecule has 1 fully saturated rings. The highest BCUT2D eigenvalue weighted by molar-refractivity contribution is 7.89. The van der Waals surface area contributed by atoms with Crippen LogP contribution in [0.1, 0.15) is 23.7 Å². The average Bonchev–Trinajstić information content (AvgIpc) is 2.90. The van der Waals surface area contributed by atoms with Crippen LogP contribution in [0.2, 0.25) is 10.0 Å². The van der Waals surface area contributed by atoms with E-state index in [0.717, 1.165) is 48.4 Å². The Morgan fingerprint density at radius 3 is 1.79 bits per heavy atom. The lowest BCUT2D eigenvalue weighted by Gasteiger charge is -2.34. The summed E-state index contributed by atoms with van der Waals surface area (Å²) in [5.41, 5.74) is 1.94. The molecule has 1 saturated heterocycles. The van der Waals surface area contributed by atoms with E-state index in [9.17, 15) is 21.6 Å². The van der Waals surface area contributed by atoms with Gasteiger partial charge in [-0.05, 0) is 66.1 Å². The van der Waals surface area contributed by atoms with Crippen molar-refractivity contribution < 1.29 is 31.1 Å². The molecule has 3 aromatic carbocycles. The standard InChI is InChI=1S/C27H27Cl2F3N2O4S/c28-22-6-2-20(3-7-22)26(21-4-8-23(29)9-5-21)37-19-1-14-33-15-17-34(18-16-33)39(35,36)25-12-10-24(11-13-25)38-27(30,31)32/h2-13,26H,1,14-19H2. The maximum Gasteiger partial charge on any atom is 0.573 e. The Labute approximate surface area is 235 Å². The molecule has 4 rings (SSSR count). The Bertz CT molecular complexity index is 1270.